The zero-order valence-corrected chi connectivity index (χ0v) is 11.9. The maximum Gasteiger partial charge on any atom is 0.227 e. The van der Waals surface area contributed by atoms with E-state index in [1.54, 1.807) is 0 Å². The minimum atomic E-state index is -0.616. The number of amides is 1. The Balaban J connectivity index is 2.16. The molecule has 1 aromatic rings. The van der Waals surface area contributed by atoms with E-state index >= 15 is 0 Å². The summed E-state index contributed by atoms with van der Waals surface area (Å²) in [4.78, 5) is 13.8. The number of primary amides is 1. The molecule has 1 aliphatic rings. The number of hydrogen-bond donors (Lipinski definition) is 2. The number of nitrogens with zero attached hydrogens (tertiary/aromatic N) is 1. The van der Waals surface area contributed by atoms with Crippen LogP contribution in [0.4, 0.5) is 5.69 Å². The van der Waals surface area contributed by atoms with Crippen LogP contribution in [0.15, 0.2) is 24.3 Å². The van der Waals surface area contributed by atoms with Gasteiger partial charge in [-0.15, -0.1) is 0 Å². The number of nitrogens with two attached hydrogens (primary N) is 1. The third-order valence-electron chi connectivity index (χ3n) is 3.94. The van der Waals surface area contributed by atoms with E-state index in [0.717, 1.165) is 25.2 Å². The van der Waals surface area contributed by atoms with Crippen LogP contribution >= 0.6 is 0 Å². The molecule has 1 aromatic carbocycles. The SMILES string of the molecule is C[C@@H]1CN(c2ccc(C(C)(C)C(N)=O)cc2)CCN1. The lowest BCUT2D eigenvalue weighted by atomic mass is 9.84. The number of hydrogen-bond acceptors (Lipinski definition) is 3. The van der Waals surface area contributed by atoms with Crippen LogP contribution in [0.3, 0.4) is 0 Å². The maximum atomic E-state index is 11.5. The molecule has 19 heavy (non-hydrogen) atoms. The minimum Gasteiger partial charge on any atom is -0.369 e. The van der Waals surface area contributed by atoms with Gasteiger partial charge in [0.15, 0.2) is 0 Å². The van der Waals surface area contributed by atoms with Crippen LogP contribution in [0.1, 0.15) is 26.3 Å². The monoisotopic (exact) mass is 261 g/mol. The van der Waals surface area contributed by atoms with Gasteiger partial charge in [-0.1, -0.05) is 12.1 Å². The van der Waals surface area contributed by atoms with Crippen molar-refractivity contribution in [2.24, 2.45) is 5.73 Å². The summed E-state index contributed by atoms with van der Waals surface area (Å²) in [6.45, 7) is 8.95. The first-order valence-electron chi connectivity index (χ1n) is 6.80. The van der Waals surface area contributed by atoms with E-state index in [9.17, 15) is 4.79 Å². The largest absolute Gasteiger partial charge is 0.369 e. The van der Waals surface area contributed by atoms with Crippen molar-refractivity contribution in [2.75, 3.05) is 24.5 Å². The van der Waals surface area contributed by atoms with Gasteiger partial charge in [0.05, 0.1) is 5.41 Å². The second kappa shape index (κ2) is 5.21. The first-order chi connectivity index (χ1) is 8.91. The molecule has 1 fully saturated rings. The van der Waals surface area contributed by atoms with E-state index in [-0.39, 0.29) is 5.91 Å². The summed E-state index contributed by atoms with van der Waals surface area (Å²) in [5.74, 6) is -0.295. The van der Waals surface area contributed by atoms with Gasteiger partial charge in [-0.2, -0.15) is 0 Å². The highest BCUT2D eigenvalue weighted by atomic mass is 16.1. The van der Waals surface area contributed by atoms with Gasteiger partial charge in [0, 0.05) is 31.4 Å². The van der Waals surface area contributed by atoms with Crippen LogP contribution in [-0.4, -0.2) is 31.6 Å². The Bertz CT molecular complexity index is 453. The second-order valence-electron chi connectivity index (χ2n) is 5.84. The maximum absolute atomic E-state index is 11.5. The van der Waals surface area contributed by atoms with Crippen molar-refractivity contribution in [3.05, 3.63) is 29.8 Å². The molecule has 1 amide bonds. The van der Waals surface area contributed by atoms with E-state index < -0.39 is 5.41 Å². The average molecular weight is 261 g/mol. The predicted octanol–water partition coefficient (Wildman–Crippen LogP) is 1.25. The fourth-order valence-corrected chi connectivity index (χ4v) is 2.40. The molecule has 3 N–H and O–H groups in total. The molecule has 0 aromatic heterocycles. The quantitative estimate of drug-likeness (QED) is 0.861. The molecule has 1 aliphatic heterocycles. The highest BCUT2D eigenvalue weighted by molar-refractivity contribution is 5.85. The average Bonchev–Trinajstić information content (AvgIpc) is 2.38. The smallest absolute Gasteiger partial charge is 0.227 e. The Labute approximate surface area is 115 Å². The summed E-state index contributed by atoms with van der Waals surface area (Å²) in [6.07, 6.45) is 0. The summed E-state index contributed by atoms with van der Waals surface area (Å²) < 4.78 is 0. The van der Waals surface area contributed by atoms with Crippen molar-refractivity contribution < 1.29 is 4.79 Å². The van der Waals surface area contributed by atoms with Crippen LogP contribution in [-0.2, 0) is 10.2 Å². The Morgan fingerprint density at radius 1 is 1.37 bits per heavy atom. The number of rotatable bonds is 3. The van der Waals surface area contributed by atoms with Gasteiger partial charge in [-0.3, -0.25) is 4.79 Å². The molecular weight excluding hydrogens is 238 g/mol. The van der Waals surface area contributed by atoms with Crippen molar-refractivity contribution in [3.8, 4) is 0 Å². The van der Waals surface area contributed by atoms with Crippen molar-refractivity contribution in [2.45, 2.75) is 32.2 Å². The molecule has 4 heteroatoms. The summed E-state index contributed by atoms with van der Waals surface area (Å²) >= 11 is 0. The van der Waals surface area contributed by atoms with Gasteiger partial charge in [-0.05, 0) is 38.5 Å². The van der Waals surface area contributed by atoms with Crippen molar-refractivity contribution in [1.82, 2.24) is 5.32 Å². The van der Waals surface area contributed by atoms with Crippen molar-refractivity contribution in [3.63, 3.8) is 0 Å². The molecule has 0 saturated carbocycles. The summed E-state index contributed by atoms with van der Waals surface area (Å²) in [5, 5.41) is 3.43. The Kier molecular flexibility index (Phi) is 3.80. The van der Waals surface area contributed by atoms with E-state index in [1.807, 2.05) is 26.0 Å². The first kappa shape index (κ1) is 13.9. The number of carbonyl (C=O) groups is 1. The molecule has 1 heterocycles. The lowest BCUT2D eigenvalue weighted by Gasteiger charge is -2.34. The molecular formula is C15H23N3O. The molecule has 0 aliphatic carbocycles. The lowest BCUT2D eigenvalue weighted by Crippen LogP contribution is -2.49. The standard InChI is InChI=1S/C15H23N3O/c1-11-10-18(9-8-17-11)13-6-4-12(5-7-13)15(2,3)14(16)19/h4-7,11,17H,8-10H2,1-3H3,(H2,16,19)/t11-/m1/s1. The number of piperazine rings is 1. The molecule has 0 bridgehead atoms. The molecule has 0 unspecified atom stereocenters. The Hall–Kier alpha value is -1.55. The van der Waals surface area contributed by atoms with Gasteiger partial charge >= 0.3 is 0 Å². The summed E-state index contributed by atoms with van der Waals surface area (Å²) in [7, 11) is 0. The summed E-state index contributed by atoms with van der Waals surface area (Å²) in [6, 6.07) is 8.69. The number of benzene rings is 1. The molecule has 1 atom stereocenters. The van der Waals surface area contributed by atoms with Crippen LogP contribution < -0.4 is 16.0 Å². The van der Waals surface area contributed by atoms with E-state index in [1.165, 1.54) is 5.69 Å². The Morgan fingerprint density at radius 2 is 2.00 bits per heavy atom. The lowest BCUT2D eigenvalue weighted by molar-refractivity contribution is -0.122. The van der Waals surface area contributed by atoms with Gasteiger partial charge < -0.3 is 16.0 Å². The van der Waals surface area contributed by atoms with E-state index in [4.69, 9.17) is 5.73 Å². The molecule has 4 nitrogen and oxygen atoms in total. The van der Waals surface area contributed by atoms with Crippen LogP contribution in [0.2, 0.25) is 0 Å². The zero-order chi connectivity index (χ0) is 14.0. The highest BCUT2D eigenvalue weighted by Gasteiger charge is 2.27. The van der Waals surface area contributed by atoms with Crippen LogP contribution in [0.25, 0.3) is 0 Å². The molecule has 104 valence electrons. The molecule has 1 saturated heterocycles. The van der Waals surface area contributed by atoms with Crippen molar-refractivity contribution >= 4 is 11.6 Å². The van der Waals surface area contributed by atoms with E-state index in [2.05, 4.69) is 29.3 Å². The fraction of sp³-hybridized carbons (Fsp3) is 0.533. The van der Waals surface area contributed by atoms with Gasteiger partial charge in [-0.25, -0.2) is 0 Å². The molecule has 2 rings (SSSR count). The first-order valence-corrected chi connectivity index (χ1v) is 6.80. The fourth-order valence-electron chi connectivity index (χ4n) is 2.40. The number of anilines is 1. The predicted molar refractivity (Wildman–Crippen MR) is 78.3 cm³/mol. The van der Waals surface area contributed by atoms with Crippen molar-refractivity contribution in [1.29, 1.82) is 0 Å². The Morgan fingerprint density at radius 3 is 2.53 bits per heavy atom. The van der Waals surface area contributed by atoms with Gasteiger partial charge in [0.2, 0.25) is 5.91 Å². The highest BCUT2D eigenvalue weighted by Crippen LogP contribution is 2.25. The van der Waals surface area contributed by atoms with Crippen LogP contribution in [0, 0.1) is 0 Å². The molecule has 0 radical (unpaired) electrons. The molecule has 0 spiro atoms. The minimum absolute atomic E-state index is 0.295. The third-order valence-corrected chi connectivity index (χ3v) is 3.94. The number of carbonyl (C=O) groups excluding carboxylic acids is 1. The van der Waals surface area contributed by atoms with E-state index in [0.29, 0.717) is 6.04 Å². The van der Waals surface area contributed by atoms with Crippen LogP contribution in [0.5, 0.6) is 0 Å². The second-order valence-corrected chi connectivity index (χ2v) is 5.84. The summed E-state index contributed by atoms with van der Waals surface area (Å²) in [5.41, 5.74) is 7.00. The van der Waals surface area contributed by atoms with Gasteiger partial charge in [0.25, 0.3) is 0 Å². The number of nitrogens with one attached hydrogen (secondary N) is 1. The normalized spacial score (nSPS) is 20.4. The third kappa shape index (κ3) is 2.89. The zero-order valence-electron chi connectivity index (χ0n) is 11.9. The van der Waals surface area contributed by atoms with Gasteiger partial charge in [0.1, 0.15) is 0 Å². The topological polar surface area (TPSA) is 58.4 Å².